The highest BCUT2D eigenvalue weighted by molar-refractivity contribution is 5.71. The summed E-state index contributed by atoms with van der Waals surface area (Å²) in [4.78, 5) is 42.1. The van der Waals surface area contributed by atoms with Gasteiger partial charge in [-0.05, 0) is 13.0 Å². The van der Waals surface area contributed by atoms with Gasteiger partial charge in [0.25, 0.3) is 5.56 Å². The van der Waals surface area contributed by atoms with E-state index in [9.17, 15) is 27.6 Å². The fourth-order valence-corrected chi connectivity index (χ4v) is 4.14. The summed E-state index contributed by atoms with van der Waals surface area (Å²) in [5.74, 6) is 1.81. The van der Waals surface area contributed by atoms with Crippen LogP contribution in [0.2, 0.25) is 0 Å². The van der Waals surface area contributed by atoms with Crippen LogP contribution in [0.4, 0.5) is 13.2 Å². The Kier molecular flexibility index (Phi) is 9.12. The zero-order valence-electron chi connectivity index (χ0n) is 19.4. The van der Waals surface area contributed by atoms with Crippen molar-refractivity contribution in [3.05, 3.63) is 32.6 Å². The molecule has 1 aromatic heterocycles. The van der Waals surface area contributed by atoms with Crippen molar-refractivity contribution >= 4 is 5.97 Å². The smallest absolute Gasteiger partial charge is 0.423 e. The first kappa shape index (κ1) is 26.9. The molecule has 13 heteroatoms. The largest absolute Gasteiger partial charge is 0.462 e. The third kappa shape index (κ3) is 7.17. The number of esters is 1. The van der Waals surface area contributed by atoms with Crippen molar-refractivity contribution in [1.29, 1.82) is 0 Å². The van der Waals surface area contributed by atoms with Crippen LogP contribution in [-0.4, -0.2) is 90.0 Å². The first-order valence-corrected chi connectivity index (χ1v) is 11.4. The summed E-state index contributed by atoms with van der Waals surface area (Å²) >= 11 is 0. The molecule has 10 nitrogen and oxygen atoms in total. The van der Waals surface area contributed by atoms with Gasteiger partial charge in [0.05, 0.1) is 12.6 Å². The number of aromatic nitrogens is 2. The van der Waals surface area contributed by atoms with Crippen LogP contribution in [0.25, 0.3) is 0 Å². The summed E-state index contributed by atoms with van der Waals surface area (Å²) in [6.45, 7) is 6.09. The lowest BCUT2D eigenvalue weighted by Gasteiger charge is -2.33. The zero-order valence-corrected chi connectivity index (χ0v) is 19.4. The lowest BCUT2D eigenvalue weighted by Crippen LogP contribution is -2.48. The highest BCUT2D eigenvalue weighted by Crippen LogP contribution is 2.32. The second kappa shape index (κ2) is 11.9. The molecule has 1 N–H and O–H groups in total. The Morgan fingerprint density at radius 2 is 1.94 bits per heavy atom. The van der Waals surface area contributed by atoms with Gasteiger partial charge in [0, 0.05) is 38.8 Å². The first-order valence-electron chi connectivity index (χ1n) is 11.4. The van der Waals surface area contributed by atoms with Crippen LogP contribution in [0.15, 0.2) is 15.8 Å². The average molecular weight is 502 g/mol. The van der Waals surface area contributed by atoms with Crippen LogP contribution in [0, 0.1) is 12.3 Å². The standard InChI is InChI=1S/C22H29F3N4O6/c1-3-5-27-6-8-28(9-7-27)13-19(30)34-14-17-16(33-10-4-2)11-18(35-17)29-12-15(22(23,24)25)20(31)26-21(29)32/h2,12,16-18H,3,5-11,13-14H2,1H3,(H,26,31,32)/t16-,17+,18+/m0/s1. The van der Waals surface area contributed by atoms with Gasteiger partial charge in [0.15, 0.2) is 0 Å². The molecule has 2 saturated heterocycles. The summed E-state index contributed by atoms with van der Waals surface area (Å²) < 4.78 is 56.6. The van der Waals surface area contributed by atoms with Gasteiger partial charge in [-0.1, -0.05) is 12.8 Å². The van der Waals surface area contributed by atoms with Crippen molar-refractivity contribution in [3.8, 4) is 12.3 Å². The van der Waals surface area contributed by atoms with E-state index in [1.807, 2.05) is 4.90 Å². The molecule has 2 aliphatic rings. The number of carbonyl (C=O) groups excluding carboxylic acids is 1. The van der Waals surface area contributed by atoms with E-state index < -0.39 is 47.4 Å². The van der Waals surface area contributed by atoms with Crippen molar-refractivity contribution in [1.82, 2.24) is 19.4 Å². The molecule has 1 aromatic rings. The fourth-order valence-electron chi connectivity index (χ4n) is 4.14. The summed E-state index contributed by atoms with van der Waals surface area (Å²) in [5.41, 5.74) is -4.14. The van der Waals surface area contributed by atoms with Gasteiger partial charge >= 0.3 is 17.8 Å². The minimum Gasteiger partial charge on any atom is -0.462 e. The third-order valence-electron chi connectivity index (χ3n) is 5.91. The monoisotopic (exact) mass is 502 g/mol. The van der Waals surface area contributed by atoms with Gasteiger partial charge < -0.3 is 19.1 Å². The molecule has 3 heterocycles. The second-order valence-corrected chi connectivity index (χ2v) is 8.43. The topological polar surface area (TPSA) is 106 Å². The summed E-state index contributed by atoms with van der Waals surface area (Å²) in [7, 11) is 0. The molecule has 35 heavy (non-hydrogen) atoms. The highest BCUT2D eigenvalue weighted by Gasteiger charge is 2.40. The molecule has 0 aromatic carbocycles. The van der Waals surface area contributed by atoms with E-state index in [0.717, 1.165) is 39.1 Å². The predicted octanol–water partition coefficient (Wildman–Crippen LogP) is 0.432. The van der Waals surface area contributed by atoms with Crippen molar-refractivity contribution in [3.63, 3.8) is 0 Å². The van der Waals surface area contributed by atoms with Gasteiger partial charge in [-0.25, -0.2) is 4.79 Å². The number of ether oxygens (including phenoxy) is 3. The molecule has 2 fully saturated rings. The Balaban J connectivity index is 1.62. The number of halogens is 3. The van der Waals surface area contributed by atoms with E-state index >= 15 is 0 Å². The molecule has 194 valence electrons. The number of aromatic amines is 1. The van der Waals surface area contributed by atoms with Crippen LogP contribution < -0.4 is 11.2 Å². The lowest BCUT2D eigenvalue weighted by atomic mass is 10.2. The average Bonchev–Trinajstić information content (AvgIpc) is 3.19. The van der Waals surface area contributed by atoms with Gasteiger partial charge in [0.1, 0.15) is 31.1 Å². The Morgan fingerprint density at radius 1 is 1.26 bits per heavy atom. The van der Waals surface area contributed by atoms with E-state index in [1.54, 1.807) is 4.98 Å². The minimum atomic E-state index is -4.96. The Hall–Kier alpha value is -2.66. The van der Waals surface area contributed by atoms with Gasteiger partial charge in [0.2, 0.25) is 0 Å². The summed E-state index contributed by atoms with van der Waals surface area (Å²) in [5, 5.41) is 0. The van der Waals surface area contributed by atoms with Crippen molar-refractivity contribution in [2.45, 2.75) is 44.4 Å². The van der Waals surface area contributed by atoms with Crippen LogP contribution in [0.1, 0.15) is 31.6 Å². The van der Waals surface area contributed by atoms with E-state index in [-0.39, 0.29) is 26.2 Å². The van der Waals surface area contributed by atoms with Crippen LogP contribution >= 0.6 is 0 Å². The number of nitrogens with one attached hydrogen (secondary N) is 1. The molecule has 2 aliphatic heterocycles. The van der Waals surface area contributed by atoms with Gasteiger partial charge in [-0.3, -0.25) is 24.0 Å². The number of hydrogen-bond donors (Lipinski definition) is 1. The van der Waals surface area contributed by atoms with Crippen LogP contribution in [0.3, 0.4) is 0 Å². The fraction of sp³-hybridized carbons (Fsp3) is 0.682. The molecule has 0 radical (unpaired) electrons. The first-order chi connectivity index (χ1) is 16.6. The zero-order chi connectivity index (χ0) is 25.6. The molecule has 3 rings (SSSR count). The van der Waals surface area contributed by atoms with Crippen LogP contribution in [-0.2, 0) is 25.2 Å². The number of nitrogens with zero attached hydrogens (tertiary/aromatic N) is 3. The summed E-state index contributed by atoms with van der Waals surface area (Å²) in [6, 6.07) is 0. The van der Waals surface area contributed by atoms with Crippen molar-refractivity contribution < 1.29 is 32.2 Å². The number of carbonyl (C=O) groups is 1. The number of H-pyrrole nitrogens is 1. The Morgan fingerprint density at radius 3 is 2.57 bits per heavy atom. The lowest BCUT2D eigenvalue weighted by molar-refractivity contribution is -0.153. The highest BCUT2D eigenvalue weighted by atomic mass is 19.4. The van der Waals surface area contributed by atoms with E-state index in [1.165, 1.54) is 0 Å². The second-order valence-electron chi connectivity index (χ2n) is 8.43. The van der Waals surface area contributed by atoms with E-state index in [0.29, 0.717) is 10.8 Å². The normalized spacial score (nSPS) is 23.8. The number of hydrogen-bond acceptors (Lipinski definition) is 8. The molecule has 0 aliphatic carbocycles. The SMILES string of the molecule is C#CCO[C@H]1C[C@H](n2cc(C(F)(F)F)c(=O)[nH]c2=O)O[C@@H]1COC(=O)CN1CCN(CCC)CC1. The number of piperazine rings is 1. The molecule has 0 bridgehead atoms. The maximum absolute atomic E-state index is 13.1. The minimum absolute atomic E-state index is 0.0352. The molecule has 0 amide bonds. The quantitative estimate of drug-likeness (QED) is 0.383. The molecule has 3 atom stereocenters. The molecule has 0 spiro atoms. The number of terminal acetylenes is 1. The Labute approximate surface area is 199 Å². The molecular weight excluding hydrogens is 473 g/mol. The molecule has 0 saturated carbocycles. The summed E-state index contributed by atoms with van der Waals surface area (Å²) in [6.07, 6.45) is -1.08. The van der Waals surface area contributed by atoms with Crippen molar-refractivity contribution in [2.75, 3.05) is 52.5 Å². The molecule has 0 unspecified atom stereocenters. The molecular formula is C22H29F3N4O6. The van der Waals surface area contributed by atoms with Crippen LogP contribution in [0.5, 0.6) is 0 Å². The maximum atomic E-state index is 13.1. The Bertz CT molecular complexity index is 1030. The number of rotatable bonds is 9. The maximum Gasteiger partial charge on any atom is 0.423 e. The van der Waals surface area contributed by atoms with E-state index in [4.69, 9.17) is 20.6 Å². The van der Waals surface area contributed by atoms with Crippen molar-refractivity contribution in [2.24, 2.45) is 0 Å². The predicted molar refractivity (Wildman–Crippen MR) is 118 cm³/mol. The third-order valence-corrected chi connectivity index (χ3v) is 5.91. The van der Waals surface area contributed by atoms with Gasteiger partial charge in [-0.15, -0.1) is 6.42 Å². The number of alkyl halides is 3. The van der Waals surface area contributed by atoms with E-state index in [2.05, 4.69) is 17.7 Å². The van der Waals surface area contributed by atoms with Gasteiger partial charge in [-0.2, -0.15) is 13.2 Å².